The molecule has 1 saturated carbocycles. The zero-order chi connectivity index (χ0) is 21.5. The van der Waals surface area contributed by atoms with Crippen LogP contribution in [0.2, 0.25) is 0 Å². The van der Waals surface area contributed by atoms with E-state index in [9.17, 15) is 9.90 Å². The SMILES string of the molecule is CC1CC(C)C2CN(Cc3ccc4c(c3)Nc3nccnc3S4)CC1C2CCC(=O)O. The van der Waals surface area contributed by atoms with Crippen molar-refractivity contribution >= 4 is 29.2 Å². The lowest BCUT2D eigenvalue weighted by molar-refractivity contribution is -0.138. The topological polar surface area (TPSA) is 78.3 Å². The standard InChI is InChI=1S/C24H30N4O2S/c1-14-9-15(2)19-13-28(12-18(14)17(19)4-6-22(29)30)11-16-3-5-21-20(10-16)27-23-24(31-21)26-8-7-25-23/h3,5,7-8,10,14-15,17-19H,4,6,9,11-13H2,1-2H3,(H,25,27)(H,29,30). The minimum Gasteiger partial charge on any atom is -0.481 e. The molecule has 2 fully saturated rings. The number of anilines is 2. The Morgan fingerprint density at radius 2 is 1.94 bits per heavy atom. The average Bonchev–Trinajstić information content (AvgIpc) is 2.75. The number of carboxylic acids is 1. The Labute approximate surface area is 187 Å². The number of rotatable bonds is 5. The van der Waals surface area contributed by atoms with Gasteiger partial charge in [-0.25, -0.2) is 9.97 Å². The van der Waals surface area contributed by atoms with Gasteiger partial charge in [0.25, 0.3) is 0 Å². The number of hydrogen-bond donors (Lipinski definition) is 2. The van der Waals surface area contributed by atoms with Gasteiger partial charge in [0, 0.05) is 43.3 Å². The van der Waals surface area contributed by atoms with Crippen molar-refractivity contribution in [2.24, 2.45) is 29.6 Å². The number of aliphatic carboxylic acids is 1. The number of carboxylic acid groups (broad SMARTS) is 1. The van der Waals surface area contributed by atoms with Crippen LogP contribution >= 0.6 is 11.8 Å². The van der Waals surface area contributed by atoms with Gasteiger partial charge in [0.1, 0.15) is 5.03 Å². The molecule has 2 aromatic rings. The second-order valence-corrected chi connectivity index (χ2v) is 10.6. The molecule has 2 N–H and O–H groups in total. The van der Waals surface area contributed by atoms with Crippen LogP contribution in [-0.2, 0) is 11.3 Å². The third-order valence-electron chi connectivity index (χ3n) is 7.51. The van der Waals surface area contributed by atoms with Crippen molar-refractivity contribution < 1.29 is 9.90 Å². The Balaban J connectivity index is 1.31. The predicted molar refractivity (Wildman–Crippen MR) is 121 cm³/mol. The van der Waals surface area contributed by atoms with Gasteiger partial charge in [0.2, 0.25) is 0 Å². The van der Waals surface area contributed by atoms with Crippen LogP contribution in [0.1, 0.15) is 38.7 Å². The Bertz CT molecular complexity index is 966. The highest BCUT2D eigenvalue weighted by atomic mass is 32.2. The Morgan fingerprint density at radius 3 is 2.68 bits per heavy atom. The lowest BCUT2D eigenvalue weighted by Gasteiger charge is -2.53. The van der Waals surface area contributed by atoms with E-state index in [2.05, 4.69) is 52.2 Å². The van der Waals surface area contributed by atoms with E-state index in [-0.39, 0.29) is 0 Å². The van der Waals surface area contributed by atoms with Crippen LogP contribution in [-0.4, -0.2) is 39.0 Å². The largest absolute Gasteiger partial charge is 0.481 e. The van der Waals surface area contributed by atoms with Crippen molar-refractivity contribution in [3.63, 3.8) is 0 Å². The molecule has 0 amide bonds. The summed E-state index contributed by atoms with van der Waals surface area (Å²) in [5.74, 6) is 3.22. The highest BCUT2D eigenvalue weighted by Crippen LogP contribution is 2.48. The van der Waals surface area contributed by atoms with Gasteiger partial charge in [-0.3, -0.25) is 9.69 Å². The van der Waals surface area contributed by atoms with Gasteiger partial charge in [-0.2, -0.15) is 0 Å². The molecule has 0 radical (unpaired) electrons. The average molecular weight is 439 g/mol. The van der Waals surface area contributed by atoms with Crippen molar-refractivity contribution in [2.45, 2.75) is 49.6 Å². The highest BCUT2D eigenvalue weighted by molar-refractivity contribution is 7.99. The number of benzene rings is 1. The predicted octanol–water partition coefficient (Wildman–Crippen LogP) is 4.89. The fraction of sp³-hybridized carbons (Fsp3) is 0.542. The molecule has 0 spiro atoms. The number of carbonyl (C=O) groups is 1. The van der Waals surface area contributed by atoms with E-state index in [0.29, 0.717) is 36.0 Å². The first-order chi connectivity index (χ1) is 15.0. The molecule has 31 heavy (non-hydrogen) atoms. The number of piperidine rings is 1. The monoisotopic (exact) mass is 438 g/mol. The lowest BCUT2D eigenvalue weighted by Crippen LogP contribution is -2.53. The summed E-state index contributed by atoms with van der Waals surface area (Å²) >= 11 is 1.66. The molecule has 3 heterocycles. The molecule has 3 aliphatic rings. The Kier molecular flexibility index (Phi) is 5.65. The number of hydrogen-bond acceptors (Lipinski definition) is 6. The van der Waals surface area contributed by atoms with Crippen LogP contribution in [0.4, 0.5) is 11.5 Å². The molecule has 7 heteroatoms. The zero-order valence-corrected chi connectivity index (χ0v) is 18.9. The van der Waals surface area contributed by atoms with Crippen LogP contribution in [0.3, 0.4) is 0 Å². The van der Waals surface area contributed by atoms with Crippen molar-refractivity contribution in [2.75, 3.05) is 18.4 Å². The summed E-state index contributed by atoms with van der Waals surface area (Å²) in [5.41, 5.74) is 2.41. The third-order valence-corrected chi connectivity index (χ3v) is 8.58. The molecule has 2 bridgehead atoms. The zero-order valence-electron chi connectivity index (χ0n) is 18.1. The van der Waals surface area contributed by atoms with E-state index < -0.39 is 5.97 Å². The van der Waals surface area contributed by atoms with Crippen LogP contribution in [0.5, 0.6) is 0 Å². The molecular formula is C24H30N4O2S. The lowest BCUT2D eigenvalue weighted by atomic mass is 9.59. The summed E-state index contributed by atoms with van der Waals surface area (Å²) in [7, 11) is 0. The molecule has 1 aromatic carbocycles. The first-order valence-electron chi connectivity index (χ1n) is 11.3. The summed E-state index contributed by atoms with van der Waals surface area (Å²) in [4.78, 5) is 23.8. The van der Waals surface area contributed by atoms with E-state index in [1.165, 1.54) is 16.9 Å². The summed E-state index contributed by atoms with van der Waals surface area (Å²) < 4.78 is 0. The third kappa shape index (κ3) is 4.17. The summed E-state index contributed by atoms with van der Waals surface area (Å²) in [6.45, 7) is 7.82. The van der Waals surface area contributed by atoms with E-state index in [1.54, 1.807) is 24.2 Å². The number of likely N-dealkylation sites (tertiary alicyclic amines) is 1. The second kappa shape index (κ2) is 8.43. The van der Waals surface area contributed by atoms with Gasteiger partial charge in [0.15, 0.2) is 5.82 Å². The van der Waals surface area contributed by atoms with Gasteiger partial charge in [-0.15, -0.1) is 0 Å². The molecule has 6 nitrogen and oxygen atoms in total. The first-order valence-corrected chi connectivity index (χ1v) is 12.1. The van der Waals surface area contributed by atoms with Gasteiger partial charge < -0.3 is 10.4 Å². The van der Waals surface area contributed by atoms with Crippen molar-refractivity contribution in [3.05, 3.63) is 36.2 Å². The number of nitrogens with one attached hydrogen (secondary N) is 1. The number of aromatic nitrogens is 2. The normalized spacial score (nSPS) is 29.5. The van der Waals surface area contributed by atoms with Gasteiger partial charge in [0.05, 0.1) is 5.69 Å². The molecule has 2 aliphatic heterocycles. The summed E-state index contributed by atoms with van der Waals surface area (Å²) in [6.07, 6.45) is 5.85. The van der Waals surface area contributed by atoms with E-state index in [4.69, 9.17) is 0 Å². The highest BCUT2D eigenvalue weighted by Gasteiger charge is 2.45. The Hall–Kier alpha value is -2.12. The van der Waals surface area contributed by atoms with Crippen LogP contribution in [0.25, 0.3) is 0 Å². The van der Waals surface area contributed by atoms with Crippen LogP contribution in [0, 0.1) is 29.6 Å². The fourth-order valence-electron chi connectivity index (χ4n) is 6.08. The van der Waals surface area contributed by atoms with Crippen LogP contribution < -0.4 is 5.32 Å². The van der Waals surface area contributed by atoms with E-state index in [1.807, 2.05) is 0 Å². The maximum Gasteiger partial charge on any atom is 0.303 e. The maximum atomic E-state index is 11.2. The van der Waals surface area contributed by atoms with Crippen LogP contribution in [0.15, 0.2) is 40.5 Å². The van der Waals surface area contributed by atoms with Gasteiger partial charge >= 0.3 is 5.97 Å². The number of fused-ring (bicyclic) bond motifs is 4. The molecule has 5 rings (SSSR count). The van der Waals surface area contributed by atoms with Crippen molar-refractivity contribution in [1.29, 1.82) is 0 Å². The fourth-order valence-corrected chi connectivity index (χ4v) is 6.96. The van der Waals surface area contributed by atoms with Gasteiger partial charge in [-0.1, -0.05) is 31.7 Å². The molecule has 164 valence electrons. The molecule has 1 saturated heterocycles. The molecular weight excluding hydrogens is 408 g/mol. The second-order valence-electron chi connectivity index (χ2n) is 9.58. The van der Waals surface area contributed by atoms with E-state index >= 15 is 0 Å². The minimum atomic E-state index is -0.661. The van der Waals surface area contributed by atoms with Crippen molar-refractivity contribution in [3.8, 4) is 0 Å². The van der Waals surface area contributed by atoms with Gasteiger partial charge in [-0.05, 0) is 60.1 Å². The minimum absolute atomic E-state index is 0.301. The molecule has 1 aromatic heterocycles. The molecule has 4 atom stereocenters. The molecule has 4 unspecified atom stereocenters. The quantitative estimate of drug-likeness (QED) is 0.587. The number of nitrogens with zero attached hydrogens (tertiary/aromatic N) is 3. The molecule has 1 aliphatic carbocycles. The smallest absolute Gasteiger partial charge is 0.303 e. The maximum absolute atomic E-state index is 11.2. The first kappa shape index (κ1) is 20.8. The van der Waals surface area contributed by atoms with E-state index in [0.717, 1.165) is 42.6 Å². The summed E-state index contributed by atoms with van der Waals surface area (Å²) in [6, 6.07) is 6.67. The summed E-state index contributed by atoms with van der Waals surface area (Å²) in [5, 5.41) is 13.6. The Morgan fingerprint density at radius 1 is 1.19 bits per heavy atom. The van der Waals surface area contributed by atoms with Crippen molar-refractivity contribution in [1.82, 2.24) is 14.9 Å².